The number of anilines is 4. The van der Waals surface area contributed by atoms with E-state index in [1.807, 2.05) is 42.6 Å². The minimum absolute atomic E-state index is 0.0588. The molecule has 1 aliphatic carbocycles. The van der Waals surface area contributed by atoms with Crippen LogP contribution in [0.25, 0.3) is 0 Å². The largest absolute Gasteiger partial charge is 0.368 e. The predicted molar refractivity (Wildman–Crippen MR) is 143 cm³/mol. The van der Waals surface area contributed by atoms with Crippen molar-refractivity contribution in [2.24, 2.45) is 0 Å². The molecule has 1 aliphatic rings. The lowest BCUT2D eigenvalue weighted by Crippen LogP contribution is -2.50. The Morgan fingerprint density at radius 1 is 1.03 bits per heavy atom. The number of hydrogen-bond donors (Lipinski definition) is 3. The number of amides is 1. The SMILES string of the molecule is BC(B)(B)NC(=O)c1nnc(Nc2cc(C)ccn2)cc1Nc1ncccc1C1(S(C)(=O)=O)CC1. The second-order valence-electron chi connectivity index (χ2n) is 9.83. The van der Waals surface area contributed by atoms with Gasteiger partial charge in [0.25, 0.3) is 5.91 Å². The summed E-state index contributed by atoms with van der Waals surface area (Å²) in [5.41, 5.74) is 1.98. The quantitative estimate of drug-likeness (QED) is 0.352. The van der Waals surface area contributed by atoms with Crippen LogP contribution in [-0.4, -0.2) is 69.5 Å². The highest BCUT2D eigenvalue weighted by Crippen LogP contribution is 2.54. The number of hydrogen-bond acceptors (Lipinski definition) is 9. The highest BCUT2D eigenvalue weighted by Gasteiger charge is 2.55. The first kappa shape index (κ1) is 24.7. The van der Waals surface area contributed by atoms with E-state index in [2.05, 4.69) is 36.1 Å². The first-order valence-corrected chi connectivity index (χ1v) is 13.1. The number of aromatic nitrogens is 4. The second-order valence-corrected chi connectivity index (χ2v) is 12.2. The van der Waals surface area contributed by atoms with Crippen molar-refractivity contribution in [1.29, 1.82) is 0 Å². The molecule has 3 heterocycles. The Morgan fingerprint density at radius 3 is 2.40 bits per heavy atom. The Hall–Kier alpha value is -3.41. The summed E-state index contributed by atoms with van der Waals surface area (Å²) in [5, 5.41) is 17.0. The number of sulfone groups is 1. The Balaban J connectivity index is 1.75. The number of rotatable bonds is 8. The van der Waals surface area contributed by atoms with Crippen molar-refractivity contribution >= 4 is 62.4 Å². The zero-order chi connectivity index (χ0) is 25.4. The molecule has 0 bridgehead atoms. The van der Waals surface area contributed by atoms with Crippen LogP contribution in [0.5, 0.6) is 0 Å². The van der Waals surface area contributed by atoms with Crippen molar-refractivity contribution in [3.8, 4) is 0 Å². The zero-order valence-corrected chi connectivity index (χ0v) is 21.2. The highest BCUT2D eigenvalue weighted by atomic mass is 32.2. The number of carbonyl (C=O) groups excluding carboxylic acids is 1. The fourth-order valence-electron chi connectivity index (χ4n) is 3.80. The number of pyridine rings is 2. The molecule has 0 aromatic carbocycles. The second kappa shape index (κ2) is 8.99. The number of aryl methyl sites for hydroxylation is 1. The van der Waals surface area contributed by atoms with Crippen LogP contribution in [-0.2, 0) is 14.6 Å². The van der Waals surface area contributed by atoms with Gasteiger partial charge in [-0.15, -0.1) is 10.2 Å². The summed E-state index contributed by atoms with van der Waals surface area (Å²) in [5.74, 6) is 0.867. The van der Waals surface area contributed by atoms with E-state index in [0.717, 1.165) is 5.56 Å². The summed E-state index contributed by atoms with van der Waals surface area (Å²) < 4.78 is 24.2. The zero-order valence-electron chi connectivity index (χ0n) is 20.4. The van der Waals surface area contributed by atoms with Crippen LogP contribution in [0.15, 0.2) is 42.7 Å². The Morgan fingerprint density at radius 2 is 1.77 bits per heavy atom. The van der Waals surface area contributed by atoms with Crippen LogP contribution in [0, 0.1) is 6.92 Å². The van der Waals surface area contributed by atoms with Crippen LogP contribution in [0.3, 0.4) is 0 Å². The van der Waals surface area contributed by atoms with Gasteiger partial charge < -0.3 is 16.0 Å². The normalized spacial score (nSPS) is 14.7. The Labute approximate surface area is 207 Å². The molecule has 14 heteroatoms. The van der Waals surface area contributed by atoms with E-state index >= 15 is 0 Å². The van der Waals surface area contributed by atoms with E-state index < -0.39 is 25.7 Å². The van der Waals surface area contributed by atoms with Gasteiger partial charge in [-0.1, -0.05) is 6.07 Å². The third kappa shape index (κ3) is 5.48. The monoisotopic (exact) mass is 489 g/mol. The highest BCUT2D eigenvalue weighted by molar-refractivity contribution is 7.92. The molecule has 1 amide bonds. The first-order valence-electron chi connectivity index (χ1n) is 11.2. The minimum Gasteiger partial charge on any atom is -0.368 e. The van der Waals surface area contributed by atoms with Crippen molar-refractivity contribution in [3.05, 3.63) is 59.5 Å². The van der Waals surface area contributed by atoms with Crippen LogP contribution in [0.1, 0.15) is 34.5 Å². The van der Waals surface area contributed by atoms with Gasteiger partial charge in [-0.05, 0) is 48.8 Å². The summed E-state index contributed by atoms with van der Waals surface area (Å²) in [6, 6.07) is 8.83. The van der Waals surface area contributed by atoms with E-state index in [4.69, 9.17) is 0 Å². The fraction of sp³-hybridized carbons (Fsp3) is 0.286. The van der Waals surface area contributed by atoms with Crippen molar-refractivity contribution in [2.75, 3.05) is 16.9 Å². The molecule has 10 nitrogen and oxygen atoms in total. The van der Waals surface area contributed by atoms with E-state index in [1.54, 1.807) is 30.6 Å². The van der Waals surface area contributed by atoms with E-state index in [-0.39, 0.29) is 5.69 Å². The van der Waals surface area contributed by atoms with Gasteiger partial charge >= 0.3 is 0 Å². The third-order valence-corrected chi connectivity index (χ3v) is 7.68. The molecule has 0 radical (unpaired) electrons. The molecular weight excluding hydrogens is 463 g/mol. The molecule has 0 saturated heterocycles. The Bertz CT molecular complexity index is 1390. The molecule has 0 aliphatic heterocycles. The summed E-state index contributed by atoms with van der Waals surface area (Å²) in [4.78, 5) is 21.7. The van der Waals surface area contributed by atoms with Crippen LogP contribution in [0.4, 0.5) is 23.1 Å². The lowest BCUT2D eigenvalue weighted by molar-refractivity contribution is 0.0947. The molecule has 178 valence electrons. The topological polar surface area (TPSA) is 139 Å². The van der Waals surface area contributed by atoms with E-state index in [0.29, 0.717) is 41.5 Å². The van der Waals surface area contributed by atoms with Gasteiger partial charge in [-0.2, -0.15) is 0 Å². The van der Waals surface area contributed by atoms with Crippen molar-refractivity contribution in [1.82, 2.24) is 25.5 Å². The average Bonchev–Trinajstić information content (AvgIpc) is 3.55. The average molecular weight is 489 g/mol. The molecule has 0 spiro atoms. The van der Waals surface area contributed by atoms with Crippen molar-refractivity contribution in [2.45, 2.75) is 29.7 Å². The third-order valence-electron chi connectivity index (χ3n) is 5.63. The molecular formula is C21H26B3N7O3S. The summed E-state index contributed by atoms with van der Waals surface area (Å²) in [6.07, 6.45) is 5.53. The van der Waals surface area contributed by atoms with Gasteiger partial charge in [0.15, 0.2) is 21.3 Å². The molecule has 1 saturated carbocycles. The van der Waals surface area contributed by atoms with Crippen LogP contribution < -0.4 is 16.0 Å². The number of nitrogens with zero attached hydrogens (tertiary/aromatic N) is 4. The first-order chi connectivity index (χ1) is 16.4. The standard InChI is InChI=1S/C21H26B3N7O3S/c1-12-5-9-25-15(10-12)28-16-11-14(17(31-30-16)19(32)29-21(22,23)24)27-18-13(4-3-8-26-18)20(6-7-20)35(2,33)34/h3-5,8-11H,6-7,22-24H2,1-2H3,(H,29,32)(H2,25,26,27,28,30). The molecule has 0 atom stereocenters. The van der Waals surface area contributed by atoms with E-state index in [1.165, 1.54) is 6.26 Å². The summed E-state index contributed by atoms with van der Waals surface area (Å²) >= 11 is 0. The molecule has 3 aromatic heterocycles. The lowest BCUT2D eigenvalue weighted by atomic mass is 9.49. The minimum atomic E-state index is -3.37. The van der Waals surface area contributed by atoms with Gasteiger partial charge in [0.1, 0.15) is 39.9 Å². The van der Waals surface area contributed by atoms with Gasteiger partial charge in [0.05, 0.1) is 5.69 Å². The molecule has 3 N–H and O–H groups in total. The molecule has 0 unspecified atom stereocenters. The van der Waals surface area contributed by atoms with Gasteiger partial charge in [-0.25, -0.2) is 18.4 Å². The summed E-state index contributed by atoms with van der Waals surface area (Å²) in [7, 11) is 2.23. The maximum atomic E-state index is 13.0. The number of carbonyl (C=O) groups is 1. The summed E-state index contributed by atoms with van der Waals surface area (Å²) in [6.45, 7) is 1.95. The van der Waals surface area contributed by atoms with Gasteiger partial charge in [0, 0.05) is 30.3 Å². The molecule has 1 fully saturated rings. The maximum absolute atomic E-state index is 13.0. The fourth-order valence-corrected chi connectivity index (χ4v) is 5.21. The maximum Gasteiger partial charge on any atom is 0.272 e. The van der Waals surface area contributed by atoms with Crippen LogP contribution in [0.2, 0.25) is 0 Å². The van der Waals surface area contributed by atoms with Crippen LogP contribution >= 0.6 is 0 Å². The van der Waals surface area contributed by atoms with Gasteiger partial charge in [-0.3, -0.25) is 4.79 Å². The molecule has 3 aromatic rings. The lowest BCUT2D eigenvalue weighted by Gasteiger charge is -2.22. The predicted octanol–water partition coefficient (Wildman–Crippen LogP) is -0.664. The van der Waals surface area contributed by atoms with Crippen molar-refractivity contribution in [3.63, 3.8) is 0 Å². The van der Waals surface area contributed by atoms with Gasteiger partial charge in [0.2, 0.25) is 0 Å². The molecule has 4 rings (SSSR count). The smallest absolute Gasteiger partial charge is 0.272 e. The van der Waals surface area contributed by atoms with Crippen molar-refractivity contribution < 1.29 is 13.2 Å². The Kier molecular flexibility index (Phi) is 6.35. The number of nitrogens with one attached hydrogen (secondary N) is 3. The van der Waals surface area contributed by atoms with E-state index in [9.17, 15) is 13.2 Å². The molecule has 35 heavy (non-hydrogen) atoms.